The Kier molecular flexibility index (Phi) is 6.03. The second kappa shape index (κ2) is 8.02. The van der Waals surface area contributed by atoms with Gasteiger partial charge in [-0.3, -0.25) is 10.1 Å². The molecule has 0 aliphatic heterocycles. The topological polar surface area (TPSA) is 83.7 Å². The molecule has 2 unspecified atom stereocenters. The van der Waals surface area contributed by atoms with E-state index in [9.17, 15) is 20.0 Å². The maximum Gasteiger partial charge on any atom is 0.336 e. The number of carbonyl (C=O) groups is 1. The Morgan fingerprint density at radius 3 is 2.28 bits per heavy atom. The molecule has 0 aliphatic rings. The summed E-state index contributed by atoms with van der Waals surface area (Å²) in [5.41, 5.74) is 1.94. The summed E-state index contributed by atoms with van der Waals surface area (Å²) in [6.07, 6.45) is 0. The minimum atomic E-state index is -1.04. The van der Waals surface area contributed by atoms with Gasteiger partial charge in [-0.15, -0.1) is 11.8 Å². The van der Waals surface area contributed by atoms with Crippen molar-refractivity contribution >= 4 is 23.4 Å². The summed E-state index contributed by atoms with van der Waals surface area (Å²) in [5.74, 6) is -1.04. The molecule has 2 atom stereocenters. The molecule has 0 amide bonds. The van der Waals surface area contributed by atoms with E-state index in [0.29, 0.717) is 4.90 Å². The van der Waals surface area contributed by atoms with Crippen molar-refractivity contribution in [1.82, 2.24) is 0 Å². The standard InChI is InChI=1S/C18H20N2O4S/c1-12(20(23)24)17(13-8-10-14(11-9-13)19(2)3)25-16-7-5-4-6-15(16)18(21)22/h4-12,17H,1-3H3,(H,21,22). The fourth-order valence-electron chi connectivity index (χ4n) is 2.40. The number of thioether (sulfide) groups is 1. The van der Waals surface area contributed by atoms with Crippen LogP contribution in [0.2, 0.25) is 0 Å². The number of nitrogens with zero attached hydrogens (tertiary/aromatic N) is 2. The molecule has 0 fully saturated rings. The smallest absolute Gasteiger partial charge is 0.336 e. The zero-order valence-electron chi connectivity index (χ0n) is 14.2. The van der Waals surface area contributed by atoms with Gasteiger partial charge in [-0.1, -0.05) is 24.3 Å². The maximum absolute atomic E-state index is 11.4. The fourth-order valence-corrected chi connectivity index (χ4v) is 3.70. The fraction of sp³-hybridized carbons (Fsp3) is 0.278. The predicted molar refractivity (Wildman–Crippen MR) is 99.2 cm³/mol. The van der Waals surface area contributed by atoms with Crippen molar-refractivity contribution in [2.45, 2.75) is 23.1 Å². The van der Waals surface area contributed by atoms with Crippen molar-refractivity contribution in [2.75, 3.05) is 19.0 Å². The van der Waals surface area contributed by atoms with Crippen LogP contribution in [0.5, 0.6) is 0 Å². The summed E-state index contributed by atoms with van der Waals surface area (Å²) in [4.78, 5) is 24.9. The second-order valence-corrected chi connectivity index (χ2v) is 7.04. The summed E-state index contributed by atoms with van der Waals surface area (Å²) >= 11 is 1.21. The first-order valence-corrected chi connectivity index (χ1v) is 8.59. The van der Waals surface area contributed by atoms with Crippen LogP contribution >= 0.6 is 11.8 Å². The SMILES string of the molecule is CC(C(Sc1ccccc1C(=O)O)c1ccc(N(C)C)cc1)[N+](=O)[O-]. The van der Waals surface area contributed by atoms with Crippen molar-refractivity contribution in [3.8, 4) is 0 Å². The molecule has 7 heteroatoms. The molecular formula is C18H20N2O4S. The van der Waals surface area contributed by atoms with E-state index in [1.807, 2.05) is 43.3 Å². The summed E-state index contributed by atoms with van der Waals surface area (Å²) in [7, 11) is 3.84. The Morgan fingerprint density at radius 1 is 1.16 bits per heavy atom. The molecule has 1 N–H and O–H groups in total. The zero-order chi connectivity index (χ0) is 18.6. The van der Waals surface area contributed by atoms with Gasteiger partial charge in [0.15, 0.2) is 0 Å². The number of hydrogen-bond donors (Lipinski definition) is 1. The Hall–Kier alpha value is -2.54. The number of aromatic carboxylic acids is 1. The maximum atomic E-state index is 11.4. The minimum Gasteiger partial charge on any atom is -0.478 e. The van der Waals surface area contributed by atoms with E-state index in [0.717, 1.165) is 11.3 Å². The number of anilines is 1. The molecule has 0 saturated carbocycles. The van der Waals surface area contributed by atoms with Gasteiger partial charge >= 0.3 is 5.97 Å². The largest absolute Gasteiger partial charge is 0.478 e. The van der Waals surface area contributed by atoms with Crippen molar-refractivity contribution in [3.05, 3.63) is 69.8 Å². The second-order valence-electron chi connectivity index (χ2n) is 5.85. The molecule has 6 nitrogen and oxygen atoms in total. The molecule has 0 saturated heterocycles. The van der Waals surface area contributed by atoms with Gasteiger partial charge in [0.2, 0.25) is 6.04 Å². The summed E-state index contributed by atoms with van der Waals surface area (Å²) in [6, 6.07) is 13.2. The lowest BCUT2D eigenvalue weighted by Gasteiger charge is -2.20. The van der Waals surface area contributed by atoms with Gasteiger partial charge in [-0.05, 0) is 29.8 Å². The van der Waals surface area contributed by atoms with E-state index in [4.69, 9.17) is 0 Å². The zero-order valence-corrected chi connectivity index (χ0v) is 15.1. The van der Waals surface area contributed by atoms with Crippen LogP contribution in [0.15, 0.2) is 53.4 Å². The lowest BCUT2D eigenvalue weighted by atomic mass is 10.1. The third-order valence-corrected chi connectivity index (χ3v) is 5.41. The number of rotatable bonds is 7. The molecule has 2 aromatic carbocycles. The van der Waals surface area contributed by atoms with Gasteiger partial charge in [-0.2, -0.15) is 0 Å². The van der Waals surface area contributed by atoms with Crippen LogP contribution in [-0.4, -0.2) is 36.1 Å². The molecule has 25 heavy (non-hydrogen) atoms. The molecule has 0 heterocycles. The predicted octanol–water partition coefficient (Wildman–Crippen LogP) is 3.95. The van der Waals surface area contributed by atoms with Crippen molar-refractivity contribution in [1.29, 1.82) is 0 Å². The minimum absolute atomic E-state index is 0.151. The van der Waals surface area contributed by atoms with Crippen molar-refractivity contribution < 1.29 is 14.8 Å². The van der Waals surface area contributed by atoms with E-state index in [-0.39, 0.29) is 10.5 Å². The van der Waals surface area contributed by atoms with Crippen LogP contribution in [0.3, 0.4) is 0 Å². The van der Waals surface area contributed by atoms with Gasteiger partial charge in [-0.25, -0.2) is 4.79 Å². The van der Waals surface area contributed by atoms with E-state index in [2.05, 4.69) is 0 Å². The molecule has 132 valence electrons. The van der Waals surface area contributed by atoms with Crippen LogP contribution < -0.4 is 4.90 Å². The Balaban J connectivity index is 2.40. The Bertz CT molecular complexity index is 762. The average Bonchev–Trinajstić information content (AvgIpc) is 2.59. The van der Waals surface area contributed by atoms with Gasteiger partial charge < -0.3 is 10.0 Å². The van der Waals surface area contributed by atoms with Gasteiger partial charge in [0.25, 0.3) is 0 Å². The number of carboxylic acids is 1. The first-order chi connectivity index (χ1) is 11.8. The quantitative estimate of drug-likeness (QED) is 0.457. The lowest BCUT2D eigenvalue weighted by molar-refractivity contribution is -0.518. The summed E-state index contributed by atoms with van der Waals surface area (Å²) < 4.78 is 0. The lowest BCUT2D eigenvalue weighted by Crippen LogP contribution is -2.22. The number of hydrogen-bond acceptors (Lipinski definition) is 5. The monoisotopic (exact) mass is 360 g/mol. The van der Waals surface area contributed by atoms with Crippen LogP contribution in [0.1, 0.15) is 28.1 Å². The van der Waals surface area contributed by atoms with Crippen LogP contribution in [-0.2, 0) is 0 Å². The van der Waals surface area contributed by atoms with Gasteiger partial charge in [0.1, 0.15) is 5.25 Å². The van der Waals surface area contributed by atoms with E-state index in [1.165, 1.54) is 17.8 Å². The average molecular weight is 360 g/mol. The number of carboxylic acid groups (broad SMARTS) is 1. The summed E-state index contributed by atoms with van der Waals surface area (Å²) in [5, 5.41) is 20.2. The number of nitro groups is 1. The molecule has 0 aliphatic carbocycles. The van der Waals surface area contributed by atoms with Crippen LogP contribution in [0, 0.1) is 10.1 Å². The highest BCUT2D eigenvalue weighted by atomic mass is 32.2. The highest BCUT2D eigenvalue weighted by Crippen LogP contribution is 2.40. The molecule has 0 radical (unpaired) electrons. The van der Waals surface area contributed by atoms with E-state index in [1.54, 1.807) is 25.1 Å². The molecular weight excluding hydrogens is 340 g/mol. The highest BCUT2D eigenvalue weighted by Gasteiger charge is 2.30. The summed E-state index contributed by atoms with van der Waals surface area (Å²) in [6.45, 7) is 1.54. The third kappa shape index (κ3) is 4.51. The first-order valence-electron chi connectivity index (χ1n) is 7.71. The molecule has 2 rings (SSSR count). The molecule has 0 spiro atoms. The van der Waals surface area contributed by atoms with Crippen LogP contribution in [0.25, 0.3) is 0 Å². The van der Waals surface area contributed by atoms with Crippen molar-refractivity contribution in [3.63, 3.8) is 0 Å². The molecule has 2 aromatic rings. The molecule has 0 aromatic heterocycles. The Morgan fingerprint density at radius 2 is 1.76 bits per heavy atom. The van der Waals surface area contributed by atoms with Crippen LogP contribution in [0.4, 0.5) is 5.69 Å². The first kappa shape index (κ1) is 18.8. The Labute approximate surface area is 150 Å². The van der Waals surface area contributed by atoms with E-state index >= 15 is 0 Å². The normalized spacial score (nSPS) is 13.1. The van der Waals surface area contributed by atoms with Gasteiger partial charge in [0, 0.05) is 36.5 Å². The van der Waals surface area contributed by atoms with Gasteiger partial charge in [0.05, 0.1) is 5.56 Å². The van der Waals surface area contributed by atoms with E-state index < -0.39 is 17.3 Å². The number of benzene rings is 2. The highest BCUT2D eigenvalue weighted by molar-refractivity contribution is 7.99. The molecule has 0 bridgehead atoms. The van der Waals surface area contributed by atoms with Crippen molar-refractivity contribution in [2.24, 2.45) is 0 Å². The third-order valence-electron chi connectivity index (χ3n) is 3.88.